The van der Waals surface area contributed by atoms with Crippen molar-refractivity contribution in [2.24, 2.45) is 16.2 Å². The lowest BCUT2D eigenvalue weighted by Crippen LogP contribution is -2.48. The second-order valence-corrected chi connectivity index (χ2v) is 23.5. The van der Waals surface area contributed by atoms with E-state index in [1.54, 1.807) is 0 Å². The van der Waals surface area contributed by atoms with Gasteiger partial charge in [-0.25, -0.2) is 0 Å². The van der Waals surface area contributed by atoms with Crippen LogP contribution >= 0.6 is 0 Å². The van der Waals surface area contributed by atoms with Crippen molar-refractivity contribution in [1.82, 2.24) is 0 Å². The Hall–Kier alpha value is -5.55. The Balaban J connectivity index is 1.30. The first-order chi connectivity index (χ1) is 33.1. The fourth-order valence-electron chi connectivity index (χ4n) is 11.9. The van der Waals surface area contributed by atoms with Gasteiger partial charge in [-0.1, -0.05) is 152 Å². The Bertz CT molecular complexity index is 2600. The zero-order valence-electron chi connectivity index (χ0n) is 45.7. The Morgan fingerprint density at radius 1 is 0.614 bits per heavy atom. The molecule has 1 fully saturated rings. The smallest absolute Gasteiger partial charge is 0.312 e. The number of hydrogen-bond donors (Lipinski definition) is 1. The largest absolute Gasteiger partial charge is 0.460 e. The molecule has 0 aromatic heterocycles. The Morgan fingerprint density at radius 2 is 1.07 bits per heavy atom. The fourth-order valence-corrected chi connectivity index (χ4v) is 11.9. The first-order valence-electron chi connectivity index (χ1n) is 26.5. The summed E-state index contributed by atoms with van der Waals surface area (Å²) in [5, 5.41) is 6.40. The SMILES string of the molecule is CCCN(c1ccc(C(c2ccc(N(CCC)c3c(C)cc(C)cc3C)cc2)c2ccc(NC3CCCCC3OC(=O)C(C)(CC(C)(C)C)C(C)(C)C)c3ccccc23)cc1)c1c(C)cc(C)cc1C. The molecule has 372 valence electrons. The number of benzene rings is 6. The maximum Gasteiger partial charge on any atom is 0.312 e. The lowest BCUT2D eigenvalue weighted by atomic mass is 9.61. The van der Waals surface area contributed by atoms with Crippen molar-refractivity contribution < 1.29 is 9.53 Å². The van der Waals surface area contributed by atoms with E-state index in [0.29, 0.717) is 0 Å². The topological polar surface area (TPSA) is 44.8 Å². The number of aryl methyl sites for hydroxylation is 6. The van der Waals surface area contributed by atoms with E-state index in [1.165, 1.54) is 83.6 Å². The van der Waals surface area contributed by atoms with Gasteiger partial charge >= 0.3 is 5.97 Å². The lowest BCUT2D eigenvalue weighted by molar-refractivity contribution is -0.172. The van der Waals surface area contributed by atoms with Crippen LogP contribution in [0.4, 0.5) is 28.4 Å². The molecule has 0 saturated heterocycles. The van der Waals surface area contributed by atoms with Crippen LogP contribution < -0.4 is 15.1 Å². The molecule has 0 spiro atoms. The molecule has 3 unspecified atom stereocenters. The van der Waals surface area contributed by atoms with Crippen molar-refractivity contribution in [1.29, 1.82) is 0 Å². The van der Waals surface area contributed by atoms with Crippen molar-refractivity contribution in [3.05, 3.63) is 159 Å². The molecule has 0 amide bonds. The van der Waals surface area contributed by atoms with Gasteiger partial charge < -0.3 is 19.9 Å². The highest BCUT2D eigenvalue weighted by Gasteiger charge is 2.49. The van der Waals surface area contributed by atoms with Crippen molar-refractivity contribution >= 4 is 45.2 Å². The highest BCUT2D eigenvalue weighted by molar-refractivity contribution is 5.97. The summed E-state index contributed by atoms with van der Waals surface area (Å²) < 4.78 is 6.67. The van der Waals surface area contributed by atoms with Gasteiger partial charge in [0, 0.05) is 52.8 Å². The molecule has 5 nitrogen and oxygen atoms in total. The van der Waals surface area contributed by atoms with Gasteiger partial charge in [0.25, 0.3) is 0 Å². The molecule has 0 heterocycles. The number of nitrogens with zero attached hydrogens (tertiary/aromatic N) is 2. The minimum absolute atomic E-state index is 0.0143. The number of rotatable bonds is 16. The number of fused-ring (bicyclic) bond motifs is 1. The van der Waals surface area contributed by atoms with Crippen molar-refractivity contribution in [3.8, 4) is 0 Å². The molecule has 1 N–H and O–H groups in total. The molecule has 0 aliphatic heterocycles. The summed E-state index contributed by atoms with van der Waals surface area (Å²) in [6, 6.07) is 41.6. The van der Waals surface area contributed by atoms with E-state index in [2.05, 4.69) is 228 Å². The molecule has 7 rings (SSSR count). The van der Waals surface area contributed by atoms with Crippen LogP contribution in [0.1, 0.15) is 163 Å². The molecule has 0 bridgehead atoms. The van der Waals surface area contributed by atoms with E-state index in [4.69, 9.17) is 4.74 Å². The third-order valence-corrected chi connectivity index (χ3v) is 15.3. The number of ether oxygens (including phenoxy) is 1. The van der Waals surface area contributed by atoms with Crippen LogP contribution in [0.15, 0.2) is 109 Å². The second-order valence-electron chi connectivity index (χ2n) is 23.5. The first kappa shape index (κ1) is 52.3. The molecule has 6 aromatic carbocycles. The minimum Gasteiger partial charge on any atom is -0.460 e. The summed E-state index contributed by atoms with van der Waals surface area (Å²) in [6.45, 7) is 35.1. The summed E-state index contributed by atoms with van der Waals surface area (Å²) >= 11 is 0. The van der Waals surface area contributed by atoms with Crippen LogP contribution in [0.3, 0.4) is 0 Å². The summed E-state index contributed by atoms with van der Waals surface area (Å²) in [5.41, 5.74) is 16.8. The predicted molar refractivity (Wildman–Crippen MR) is 301 cm³/mol. The van der Waals surface area contributed by atoms with Crippen molar-refractivity contribution in [2.75, 3.05) is 28.2 Å². The average Bonchev–Trinajstić information content (AvgIpc) is 3.28. The van der Waals surface area contributed by atoms with Crippen molar-refractivity contribution in [3.63, 3.8) is 0 Å². The molecular formula is C65H85N3O2. The monoisotopic (exact) mass is 940 g/mol. The number of hydrogen-bond acceptors (Lipinski definition) is 5. The quantitative estimate of drug-likeness (QED) is 0.0774. The third kappa shape index (κ3) is 11.3. The number of nitrogens with one attached hydrogen (secondary N) is 1. The zero-order valence-corrected chi connectivity index (χ0v) is 45.7. The molecule has 1 aliphatic carbocycles. The third-order valence-electron chi connectivity index (χ3n) is 15.3. The highest BCUT2D eigenvalue weighted by Crippen LogP contribution is 2.49. The summed E-state index contributed by atoms with van der Waals surface area (Å²) in [4.78, 5) is 19.4. The van der Waals surface area contributed by atoms with Gasteiger partial charge in [-0.2, -0.15) is 0 Å². The van der Waals surface area contributed by atoms with Gasteiger partial charge in [0.05, 0.1) is 11.5 Å². The van der Waals surface area contributed by atoms with Crippen LogP contribution in [0.2, 0.25) is 0 Å². The summed E-state index contributed by atoms with van der Waals surface area (Å²) in [5.74, 6) is -0.106. The summed E-state index contributed by atoms with van der Waals surface area (Å²) in [6.07, 6.45) is 6.62. The zero-order chi connectivity index (χ0) is 50.7. The maximum absolute atomic E-state index is 14.4. The predicted octanol–water partition coefficient (Wildman–Crippen LogP) is 17.7. The van der Waals surface area contributed by atoms with E-state index in [0.717, 1.165) is 63.7 Å². The van der Waals surface area contributed by atoms with E-state index in [-0.39, 0.29) is 34.9 Å². The average molecular weight is 940 g/mol. The number of anilines is 5. The summed E-state index contributed by atoms with van der Waals surface area (Å²) in [7, 11) is 0. The van der Waals surface area contributed by atoms with Gasteiger partial charge in [0.2, 0.25) is 0 Å². The number of carbonyl (C=O) groups is 1. The Morgan fingerprint density at radius 3 is 1.51 bits per heavy atom. The van der Waals surface area contributed by atoms with Crippen LogP contribution in [-0.4, -0.2) is 31.2 Å². The number of esters is 1. The molecule has 6 aromatic rings. The van der Waals surface area contributed by atoms with Crippen molar-refractivity contribution in [2.45, 2.75) is 167 Å². The van der Waals surface area contributed by atoms with Crippen LogP contribution in [0, 0.1) is 57.8 Å². The molecule has 1 aliphatic rings. The Kier molecular flexibility index (Phi) is 16.0. The van der Waals surface area contributed by atoms with E-state index in [1.807, 2.05) is 0 Å². The molecule has 0 radical (unpaired) electrons. The van der Waals surface area contributed by atoms with Crippen LogP contribution in [-0.2, 0) is 9.53 Å². The standard InChI is InChI=1S/C65H85N3O2/c1-16-36-67(60-45(5)38-43(3)39-46(60)6)51-30-26-49(27-31-51)59(50-28-32-52(33-29-50)68(37-17-2)61-47(7)40-44(4)41-48(61)8)55-34-35-56(54-23-19-18-22-53(54)55)66-57-24-20-21-25-58(57)70-62(69)65(15,64(12,13)14)42-63(9,10)11/h18-19,22-23,26-35,38-41,57-59,66H,16-17,20-21,24-25,36-37,42H2,1-15H3. The maximum atomic E-state index is 14.4. The minimum atomic E-state index is -0.618. The van der Waals surface area contributed by atoms with Gasteiger partial charge in [-0.05, 0) is 172 Å². The number of carbonyl (C=O) groups excluding carboxylic acids is 1. The first-order valence-corrected chi connectivity index (χ1v) is 26.5. The fraction of sp³-hybridized carbons (Fsp3) is 0.462. The van der Waals surface area contributed by atoms with Gasteiger partial charge in [0.1, 0.15) is 6.10 Å². The van der Waals surface area contributed by atoms with Gasteiger partial charge in [-0.3, -0.25) is 4.79 Å². The Labute approximate surface area is 423 Å². The molecular weight excluding hydrogens is 855 g/mol. The molecule has 1 saturated carbocycles. The molecule has 3 atom stereocenters. The highest BCUT2D eigenvalue weighted by atomic mass is 16.5. The second kappa shape index (κ2) is 21.4. The van der Waals surface area contributed by atoms with Gasteiger partial charge in [-0.15, -0.1) is 0 Å². The van der Waals surface area contributed by atoms with Crippen LogP contribution in [0.5, 0.6) is 0 Å². The molecule has 70 heavy (non-hydrogen) atoms. The molecule has 5 heteroatoms. The lowest BCUT2D eigenvalue weighted by Gasteiger charge is -2.45. The normalized spacial score (nSPS) is 16.3. The van der Waals surface area contributed by atoms with E-state index < -0.39 is 5.41 Å². The van der Waals surface area contributed by atoms with E-state index >= 15 is 0 Å². The van der Waals surface area contributed by atoms with E-state index in [9.17, 15) is 4.79 Å². The van der Waals surface area contributed by atoms with Crippen LogP contribution in [0.25, 0.3) is 10.8 Å². The van der Waals surface area contributed by atoms with Gasteiger partial charge in [0.15, 0.2) is 0 Å².